The Hall–Kier alpha value is -2.08. The maximum absolute atomic E-state index is 12.9. The van der Waals surface area contributed by atoms with Crippen molar-refractivity contribution in [2.45, 2.75) is 76.3 Å². The van der Waals surface area contributed by atoms with Gasteiger partial charge in [-0.25, -0.2) is 9.59 Å². The van der Waals surface area contributed by atoms with Gasteiger partial charge in [0.1, 0.15) is 11.7 Å². The SMILES string of the molecule is CN1[C@@H]2CC[C@H]1C[C@@H](OC(=O)C(NC(=O)OC(C)(C)C)c1ccccc1)C2. The molecule has 0 aromatic heterocycles. The summed E-state index contributed by atoms with van der Waals surface area (Å²) in [6, 6.07) is 9.24. The molecule has 1 aromatic carbocycles. The van der Waals surface area contributed by atoms with E-state index in [0.29, 0.717) is 17.6 Å². The fourth-order valence-electron chi connectivity index (χ4n) is 4.04. The summed E-state index contributed by atoms with van der Waals surface area (Å²) in [7, 11) is 2.15. The standard InChI is InChI=1S/C21H30N2O4/c1-21(2,3)27-20(25)22-18(14-8-6-5-7-9-14)19(24)26-17-12-15-10-11-16(13-17)23(15)4/h5-9,15-18H,10-13H2,1-4H3,(H,22,25)/t15-,16+,17+,18?. The average Bonchev–Trinajstić information content (AvgIpc) is 2.80. The van der Waals surface area contributed by atoms with Gasteiger partial charge < -0.3 is 19.7 Å². The maximum atomic E-state index is 12.9. The Labute approximate surface area is 161 Å². The van der Waals surface area contributed by atoms with E-state index in [4.69, 9.17) is 9.47 Å². The maximum Gasteiger partial charge on any atom is 0.408 e. The highest BCUT2D eigenvalue weighted by molar-refractivity contribution is 5.83. The Kier molecular flexibility index (Phi) is 5.75. The fraction of sp³-hybridized carbons (Fsp3) is 0.619. The van der Waals surface area contributed by atoms with Crippen LogP contribution in [0, 0.1) is 0 Å². The highest BCUT2D eigenvalue weighted by Crippen LogP contribution is 2.36. The first-order valence-electron chi connectivity index (χ1n) is 9.70. The molecular weight excluding hydrogens is 344 g/mol. The summed E-state index contributed by atoms with van der Waals surface area (Å²) in [5, 5.41) is 2.68. The molecule has 6 heteroatoms. The van der Waals surface area contributed by atoms with Gasteiger partial charge in [-0.2, -0.15) is 0 Å². The van der Waals surface area contributed by atoms with Crippen LogP contribution in [0.15, 0.2) is 30.3 Å². The van der Waals surface area contributed by atoms with E-state index in [9.17, 15) is 9.59 Å². The van der Waals surface area contributed by atoms with Crippen molar-refractivity contribution in [1.29, 1.82) is 0 Å². The lowest BCUT2D eigenvalue weighted by molar-refractivity contribution is -0.155. The third-order valence-electron chi connectivity index (χ3n) is 5.37. The molecule has 2 saturated heterocycles. The van der Waals surface area contributed by atoms with Gasteiger partial charge in [0.2, 0.25) is 0 Å². The lowest BCUT2D eigenvalue weighted by atomic mass is 10.00. The molecule has 2 aliphatic heterocycles. The van der Waals surface area contributed by atoms with Gasteiger partial charge >= 0.3 is 12.1 Å². The molecule has 2 aliphatic rings. The number of carbonyl (C=O) groups is 2. The van der Waals surface area contributed by atoms with Crippen LogP contribution in [0.3, 0.4) is 0 Å². The number of alkyl carbamates (subject to hydrolysis) is 1. The molecule has 2 bridgehead atoms. The molecule has 0 aliphatic carbocycles. The zero-order valence-corrected chi connectivity index (χ0v) is 16.6. The van der Waals surface area contributed by atoms with Gasteiger partial charge in [-0.1, -0.05) is 30.3 Å². The van der Waals surface area contributed by atoms with Crippen molar-refractivity contribution in [1.82, 2.24) is 10.2 Å². The van der Waals surface area contributed by atoms with Crippen LogP contribution in [0.2, 0.25) is 0 Å². The predicted molar refractivity (Wildman–Crippen MR) is 102 cm³/mol. The third kappa shape index (κ3) is 5.01. The summed E-state index contributed by atoms with van der Waals surface area (Å²) in [4.78, 5) is 27.6. The van der Waals surface area contributed by atoms with Gasteiger partial charge in [0.05, 0.1) is 0 Å². The van der Waals surface area contributed by atoms with E-state index < -0.39 is 23.7 Å². The van der Waals surface area contributed by atoms with Gasteiger partial charge in [0.25, 0.3) is 0 Å². The van der Waals surface area contributed by atoms with Crippen molar-refractivity contribution in [2.24, 2.45) is 0 Å². The molecular formula is C21H30N2O4. The van der Waals surface area contributed by atoms with E-state index in [1.807, 2.05) is 30.3 Å². The van der Waals surface area contributed by atoms with E-state index in [1.165, 1.54) is 0 Å². The monoisotopic (exact) mass is 374 g/mol. The lowest BCUT2D eigenvalue weighted by Gasteiger charge is -2.36. The van der Waals surface area contributed by atoms with Crippen molar-refractivity contribution < 1.29 is 19.1 Å². The first kappa shape index (κ1) is 19.7. The number of fused-ring (bicyclic) bond motifs is 2. The van der Waals surface area contributed by atoms with Crippen LogP contribution in [0.5, 0.6) is 0 Å². The molecule has 0 radical (unpaired) electrons. The van der Waals surface area contributed by atoms with Gasteiger partial charge in [0, 0.05) is 12.1 Å². The molecule has 1 aromatic rings. The molecule has 27 heavy (non-hydrogen) atoms. The van der Waals surface area contributed by atoms with Gasteiger partial charge in [-0.05, 0) is 59.1 Å². The van der Waals surface area contributed by atoms with E-state index in [-0.39, 0.29) is 6.10 Å². The highest BCUT2D eigenvalue weighted by Gasteiger charge is 2.40. The summed E-state index contributed by atoms with van der Waals surface area (Å²) >= 11 is 0. The van der Waals surface area contributed by atoms with Crippen LogP contribution >= 0.6 is 0 Å². The summed E-state index contributed by atoms with van der Waals surface area (Å²) in [5.74, 6) is -0.430. The Morgan fingerprint density at radius 3 is 2.26 bits per heavy atom. The lowest BCUT2D eigenvalue weighted by Crippen LogP contribution is -2.45. The third-order valence-corrected chi connectivity index (χ3v) is 5.37. The Bertz CT molecular complexity index is 657. The van der Waals surface area contributed by atoms with Crippen LogP contribution < -0.4 is 5.32 Å². The molecule has 2 heterocycles. The summed E-state index contributed by atoms with van der Waals surface area (Å²) in [6.45, 7) is 5.37. The van der Waals surface area contributed by atoms with Gasteiger partial charge in [-0.3, -0.25) is 0 Å². The molecule has 3 rings (SSSR count). The van der Waals surface area contributed by atoms with E-state index in [0.717, 1.165) is 25.7 Å². The number of amides is 1. The minimum atomic E-state index is -0.877. The van der Waals surface area contributed by atoms with Crippen LogP contribution in [-0.2, 0) is 14.3 Å². The quantitative estimate of drug-likeness (QED) is 0.818. The van der Waals surface area contributed by atoms with Crippen molar-refractivity contribution in [3.05, 3.63) is 35.9 Å². The Balaban J connectivity index is 1.69. The number of carbonyl (C=O) groups excluding carboxylic acids is 2. The first-order valence-corrected chi connectivity index (χ1v) is 9.70. The van der Waals surface area contributed by atoms with Crippen LogP contribution in [-0.4, -0.2) is 47.8 Å². The molecule has 1 unspecified atom stereocenters. The second-order valence-corrected chi connectivity index (χ2v) is 8.57. The van der Waals surface area contributed by atoms with Gasteiger partial charge in [-0.15, -0.1) is 0 Å². The Morgan fingerprint density at radius 2 is 1.70 bits per heavy atom. The van der Waals surface area contributed by atoms with Crippen molar-refractivity contribution in [3.8, 4) is 0 Å². The molecule has 1 N–H and O–H groups in total. The molecule has 0 spiro atoms. The van der Waals surface area contributed by atoms with Crippen LogP contribution in [0.1, 0.15) is 58.1 Å². The van der Waals surface area contributed by atoms with Gasteiger partial charge in [0.15, 0.2) is 6.04 Å². The number of nitrogens with one attached hydrogen (secondary N) is 1. The van der Waals surface area contributed by atoms with Crippen molar-refractivity contribution in [2.75, 3.05) is 7.05 Å². The summed E-state index contributed by atoms with van der Waals surface area (Å²) < 4.78 is 11.2. The highest BCUT2D eigenvalue weighted by atomic mass is 16.6. The Morgan fingerprint density at radius 1 is 1.11 bits per heavy atom. The summed E-state index contributed by atoms with van der Waals surface area (Å²) in [5.41, 5.74) is 0.0480. The zero-order valence-electron chi connectivity index (χ0n) is 16.6. The number of rotatable bonds is 4. The van der Waals surface area contributed by atoms with Crippen molar-refractivity contribution >= 4 is 12.1 Å². The molecule has 2 fully saturated rings. The second-order valence-electron chi connectivity index (χ2n) is 8.57. The molecule has 4 atom stereocenters. The number of hydrogen-bond donors (Lipinski definition) is 1. The molecule has 0 saturated carbocycles. The number of hydrogen-bond acceptors (Lipinski definition) is 5. The fourth-order valence-corrected chi connectivity index (χ4v) is 4.04. The molecule has 1 amide bonds. The smallest absolute Gasteiger partial charge is 0.408 e. The zero-order chi connectivity index (χ0) is 19.6. The number of esters is 1. The average molecular weight is 374 g/mol. The molecule has 148 valence electrons. The predicted octanol–water partition coefficient (Wildman–Crippen LogP) is 3.42. The normalized spacial score (nSPS) is 26.3. The minimum Gasteiger partial charge on any atom is -0.460 e. The van der Waals surface area contributed by atoms with E-state index >= 15 is 0 Å². The van der Waals surface area contributed by atoms with Crippen molar-refractivity contribution in [3.63, 3.8) is 0 Å². The molecule has 6 nitrogen and oxygen atoms in total. The number of piperidine rings is 1. The topological polar surface area (TPSA) is 67.9 Å². The minimum absolute atomic E-state index is 0.0992. The van der Waals surface area contributed by atoms with E-state index in [1.54, 1.807) is 20.8 Å². The number of ether oxygens (including phenoxy) is 2. The summed E-state index contributed by atoms with van der Waals surface area (Å²) in [6.07, 6.45) is 3.30. The second kappa shape index (κ2) is 7.89. The first-order chi connectivity index (χ1) is 12.7. The number of benzene rings is 1. The number of nitrogens with zero attached hydrogens (tertiary/aromatic N) is 1. The van der Waals surface area contributed by atoms with E-state index in [2.05, 4.69) is 17.3 Å². The van der Waals surface area contributed by atoms with Crippen LogP contribution in [0.4, 0.5) is 4.79 Å². The largest absolute Gasteiger partial charge is 0.460 e. The van der Waals surface area contributed by atoms with Crippen LogP contribution in [0.25, 0.3) is 0 Å².